The van der Waals surface area contributed by atoms with Gasteiger partial charge in [-0.2, -0.15) is 8.42 Å². The molecule has 6 heteroatoms. The minimum absolute atomic E-state index is 0.230. The molecular weight excluding hydrogens is 240 g/mol. The van der Waals surface area contributed by atoms with Crippen molar-refractivity contribution in [3.63, 3.8) is 0 Å². The van der Waals surface area contributed by atoms with E-state index in [-0.39, 0.29) is 6.61 Å². The maximum atomic E-state index is 11.3. The molecule has 0 aliphatic rings. The Labute approximate surface area is 101 Å². The van der Waals surface area contributed by atoms with Crippen LogP contribution in [-0.4, -0.2) is 27.2 Å². The lowest BCUT2D eigenvalue weighted by molar-refractivity contribution is 0.350. The Morgan fingerprint density at radius 2 is 2.12 bits per heavy atom. The Kier molecular flexibility index (Phi) is 4.52. The minimum atomic E-state index is -3.52. The van der Waals surface area contributed by atoms with Crippen LogP contribution in [0.15, 0.2) is 18.2 Å². The van der Waals surface area contributed by atoms with E-state index in [0.29, 0.717) is 11.3 Å². The molecule has 1 aromatic carbocycles. The molecule has 1 rings (SSSR count). The Morgan fingerprint density at radius 1 is 1.41 bits per heavy atom. The lowest BCUT2D eigenvalue weighted by atomic mass is 10.1. The van der Waals surface area contributed by atoms with E-state index in [1.165, 1.54) is 7.05 Å². The van der Waals surface area contributed by atoms with Crippen LogP contribution in [0.25, 0.3) is 0 Å². The number of anilines is 1. The van der Waals surface area contributed by atoms with E-state index >= 15 is 0 Å². The summed E-state index contributed by atoms with van der Waals surface area (Å²) in [5, 5.41) is 8.62. The second-order valence-electron chi connectivity index (χ2n) is 3.30. The molecular formula is C11H14N2O3S. The lowest BCUT2D eigenvalue weighted by Crippen LogP contribution is -2.26. The highest BCUT2D eigenvalue weighted by Gasteiger charge is 2.06. The molecule has 0 saturated carbocycles. The first-order valence-corrected chi connectivity index (χ1v) is 6.38. The average Bonchev–Trinajstić information content (AvgIpc) is 2.29. The number of rotatable bonds is 3. The monoisotopic (exact) mass is 254 g/mol. The number of nitrogens with one attached hydrogen (secondary N) is 2. The van der Waals surface area contributed by atoms with Crippen molar-refractivity contribution in [1.29, 1.82) is 0 Å². The summed E-state index contributed by atoms with van der Waals surface area (Å²) in [5.41, 5.74) is 2.01. The van der Waals surface area contributed by atoms with Gasteiger partial charge in [-0.15, -0.1) is 0 Å². The molecule has 0 saturated heterocycles. The van der Waals surface area contributed by atoms with Gasteiger partial charge in [0.05, 0.1) is 5.69 Å². The summed E-state index contributed by atoms with van der Waals surface area (Å²) in [4.78, 5) is 0. The fraction of sp³-hybridized carbons (Fsp3) is 0.273. The summed E-state index contributed by atoms with van der Waals surface area (Å²) in [6, 6.07) is 5.02. The summed E-state index contributed by atoms with van der Waals surface area (Å²) in [6.45, 7) is 1.63. The molecule has 3 N–H and O–H groups in total. The van der Waals surface area contributed by atoms with Gasteiger partial charge in [-0.1, -0.05) is 17.9 Å². The van der Waals surface area contributed by atoms with Crippen LogP contribution >= 0.6 is 0 Å². The normalized spacial score (nSPS) is 10.5. The highest BCUT2D eigenvalue weighted by molar-refractivity contribution is 7.90. The third-order valence-corrected chi connectivity index (χ3v) is 3.10. The fourth-order valence-electron chi connectivity index (χ4n) is 1.16. The number of aliphatic hydroxyl groups is 1. The summed E-state index contributed by atoms with van der Waals surface area (Å²) in [7, 11) is -2.20. The highest BCUT2D eigenvalue weighted by Crippen LogP contribution is 2.15. The molecule has 1 aromatic rings. The zero-order chi connectivity index (χ0) is 12.9. The van der Waals surface area contributed by atoms with Crippen LogP contribution in [0.2, 0.25) is 0 Å². The van der Waals surface area contributed by atoms with Crippen molar-refractivity contribution in [2.24, 2.45) is 0 Å². The Bertz CT molecular complexity index is 556. The van der Waals surface area contributed by atoms with Crippen molar-refractivity contribution < 1.29 is 13.5 Å². The predicted octanol–water partition coefficient (Wildman–Crippen LogP) is 0.215. The van der Waals surface area contributed by atoms with E-state index in [9.17, 15) is 8.42 Å². The SMILES string of the molecule is CNS(=O)(=O)Nc1ccc(C)c(C#CCO)c1. The van der Waals surface area contributed by atoms with Gasteiger partial charge in [-0.25, -0.2) is 4.72 Å². The Morgan fingerprint density at radius 3 is 2.71 bits per heavy atom. The molecule has 0 fully saturated rings. The van der Waals surface area contributed by atoms with Crippen molar-refractivity contribution in [3.8, 4) is 11.8 Å². The number of hydrogen-bond donors (Lipinski definition) is 3. The van der Waals surface area contributed by atoms with Crippen molar-refractivity contribution >= 4 is 15.9 Å². The van der Waals surface area contributed by atoms with Gasteiger partial charge in [-0.3, -0.25) is 4.72 Å². The quantitative estimate of drug-likeness (QED) is 0.675. The number of hydrogen-bond acceptors (Lipinski definition) is 3. The summed E-state index contributed by atoms with van der Waals surface area (Å²) in [5.74, 6) is 5.27. The van der Waals surface area contributed by atoms with Crippen LogP contribution < -0.4 is 9.44 Å². The second-order valence-corrected chi connectivity index (χ2v) is 4.92. The molecule has 0 aromatic heterocycles. The first-order chi connectivity index (χ1) is 7.98. The summed E-state index contributed by atoms with van der Waals surface area (Å²) >= 11 is 0. The molecule has 0 bridgehead atoms. The van der Waals surface area contributed by atoms with Gasteiger partial charge in [0.2, 0.25) is 0 Å². The van der Waals surface area contributed by atoms with Crippen molar-refractivity contribution in [2.45, 2.75) is 6.92 Å². The molecule has 92 valence electrons. The van der Waals surface area contributed by atoms with Crippen LogP contribution in [0, 0.1) is 18.8 Å². The van der Waals surface area contributed by atoms with E-state index in [0.717, 1.165) is 5.56 Å². The predicted molar refractivity (Wildman–Crippen MR) is 66.7 cm³/mol. The molecule has 0 unspecified atom stereocenters. The molecule has 5 nitrogen and oxygen atoms in total. The molecule has 0 radical (unpaired) electrons. The van der Waals surface area contributed by atoms with Crippen molar-refractivity contribution in [2.75, 3.05) is 18.4 Å². The number of aliphatic hydroxyl groups excluding tert-OH is 1. The smallest absolute Gasteiger partial charge is 0.298 e. The molecule has 0 atom stereocenters. The van der Waals surface area contributed by atoms with Gasteiger partial charge < -0.3 is 5.11 Å². The zero-order valence-electron chi connectivity index (χ0n) is 9.61. The van der Waals surface area contributed by atoms with Gasteiger partial charge in [0.25, 0.3) is 10.2 Å². The van der Waals surface area contributed by atoms with E-state index in [2.05, 4.69) is 21.3 Å². The second kappa shape index (κ2) is 5.68. The van der Waals surface area contributed by atoms with Crippen LogP contribution in [-0.2, 0) is 10.2 Å². The fourth-order valence-corrected chi connectivity index (χ4v) is 1.70. The standard InChI is InChI=1S/C11H14N2O3S/c1-9-5-6-11(13-17(15,16)12-2)8-10(9)4-3-7-14/h5-6,8,12-14H,7H2,1-2H3. The van der Waals surface area contributed by atoms with Crippen molar-refractivity contribution in [3.05, 3.63) is 29.3 Å². The first kappa shape index (κ1) is 13.5. The topological polar surface area (TPSA) is 78.4 Å². The Balaban J connectivity index is 3.05. The maximum absolute atomic E-state index is 11.3. The van der Waals surface area contributed by atoms with E-state index < -0.39 is 10.2 Å². The van der Waals surface area contributed by atoms with E-state index in [1.54, 1.807) is 18.2 Å². The lowest BCUT2D eigenvalue weighted by Gasteiger charge is -2.07. The van der Waals surface area contributed by atoms with Crippen LogP contribution in [0.3, 0.4) is 0 Å². The van der Waals surface area contributed by atoms with Gasteiger partial charge >= 0.3 is 0 Å². The van der Waals surface area contributed by atoms with Crippen molar-refractivity contribution in [1.82, 2.24) is 4.72 Å². The van der Waals surface area contributed by atoms with E-state index in [1.807, 2.05) is 6.92 Å². The first-order valence-electron chi connectivity index (χ1n) is 4.90. The average molecular weight is 254 g/mol. The summed E-state index contributed by atoms with van der Waals surface area (Å²) < 4.78 is 27.1. The number of aryl methyl sites for hydroxylation is 1. The molecule has 0 heterocycles. The van der Waals surface area contributed by atoms with Gasteiger partial charge in [0.15, 0.2) is 0 Å². The summed E-state index contributed by atoms with van der Waals surface area (Å²) in [6.07, 6.45) is 0. The maximum Gasteiger partial charge on any atom is 0.298 e. The largest absolute Gasteiger partial charge is 0.384 e. The van der Waals surface area contributed by atoms with Gasteiger partial charge in [0.1, 0.15) is 6.61 Å². The molecule has 0 aliphatic carbocycles. The zero-order valence-corrected chi connectivity index (χ0v) is 10.4. The Hall–Kier alpha value is -1.55. The van der Waals surface area contributed by atoms with Gasteiger partial charge in [0, 0.05) is 12.6 Å². The van der Waals surface area contributed by atoms with Crippen LogP contribution in [0.1, 0.15) is 11.1 Å². The van der Waals surface area contributed by atoms with Crippen LogP contribution in [0.5, 0.6) is 0 Å². The molecule has 0 spiro atoms. The molecule has 17 heavy (non-hydrogen) atoms. The third-order valence-electron chi connectivity index (χ3n) is 2.06. The third kappa shape index (κ3) is 4.07. The molecule has 0 aliphatic heterocycles. The van der Waals surface area contributed by atoms with E-state index in [4.69, 9.17) is 5.11 Å². The number of benzene rings is 1. The van der Waals surface area contributed by atoms with Gasteiger partial charge in [-0.05, 0) is 24.6 Å². The molecule has 0 amide bonds. The minimum Gasteiger partial charge on any atom is -0.384 e. The van der Waals surface area contributed by atoms with Crippen LogP contribution in [0.4, 0.5) is 5.69 Å². The highest BCUT2D eigenvalue weighted by atomic mass is 32.2.